The van der Waals surface area contributed by atoms with Crippen LogP contribution in [0.15, 0.2) is 79.3 Å². The van der Waals surface area contributed by atoms with Crippen LogP contribution in [0.2, 0.25) is 0 Å². The summed E-state index contributed by atoms with van der Waals surface area (Å²) in [5.41, 5.74) is 0.560. The first kappa shape index (κ1) is 12.8. The topological polar surface area (TPSA) is 42.9 Å². The Kier molecular flexibility index (Phi) is 3.44. The molecule has 2 aromatic carbocycles. The summed E-state index contributed by atoms with van der Waals surface area (Å²) in [6.07, 6.45) is 3.06. The van der Waals surface area contributed by atoms with Gasteiger partial charge in [0, 0.05) is 16.8 Å². The molecule has 3 aromatic rings. The molecule has 4 heteroatoms. The van der Waals surface area contributed by atoms with Gasteiger partial charge in [0.1, 0.15) is 11.8 Å². The third kappa shape index (κ3) is 2.17. The van der Waals surface area contributed by atoms with Crippen molar-refractivity contribution in [2.45, 2.75) is 0 Å². The highest BCUT2D eigenvalue weighted by Gasteiger charge is 2.30. The Morgan fingerprint density at radius 2 is 1.30 bits per heavy atom. The van der Waals surface area contributed by atoms with E-state index in [2.05, 4.69) is 9.97 Å². The van der Waals surface area contributed by atoms with E-state index in [1.54, 1.807) is 12.3 Å². The standard InChI is InChI=1S/C16H13N2OP/c19-20(14-7-3-1-4-8-14,15-9-5-2-6-10-15)16-11-12-17-13-18-16/h1-13H. The Morgan fingerprint density at radius 3 is 1.75 bits per heavy atom. The van der Waals surface area contributed by atoms with E-state index in [9.17, 15) is 4.57 Å². The van der Waals surface area contributed by atoms with Crippen LogP contribution in [0, 0.1) is 0 Å². The zero-order valence-corrected chi connectivity index (χ0v) is 11.6. The van der Waals surface area contributed by atoms with Crippen molar-refractivity contribution in [3.8, 4) is 0 Å². The van der Waals surface area contributed by atoms with Gasteiger partial charge < -0.3 is 4.57 Å². The lowest BCUT2D eigenvalue weighted by Gasteiger charge is -2.18. The van der Waals surface area contributed by atoms with Gasteiger partial charge in [-0.25, -0.2) is 9.97 Å². The number of rotatable bonds is 3. The van der Waals surface area contributed by atoms with Crippen molar-refractivity contribution in [2.24, 2.45) is 0 Å². The molecule has 0 atom stereocenters. The highest BCUT2D eigenvalue weighted by atomic mass is 31.2. The zero-order chi connectivity index (χ0) is 13.8. The van der Waals surface area contributed by atoms with Gasteiger partial charge in [0.05, 0.1) is 0 Å². The van der Waals surface area contributed by atoms with Crippen molar-refractivity contribution in [2.75, 3.05) is 0 Å². The summed E-state index contributed by atoms with van der Waals surface area (Å²) in [7, 11) is -2.93. The van der Waals surface area contributed by atoms with E-state index in [0.29, 0.717) is 5.44 Å². The first-order valence-electron chi connectivity index (χ1n) is 6.29. The predicted octanol–water partition coefficient (Wildman–Crippen LogP) is 2.12. The molecule has 0 bridgehead atoms. The average Bonchev–Trinajstić information content (AvgIpc) is 2.56. The molecule has 98 valence electrons. The summed E-state index contributed by atoms with van der Waals surface area (Å²) in [5.74, 6) is 0. The molecule has 0 aliphatic rings. The summed E-state index contributed by atoms with van der Waals surface area (Å²) < 4.78 is 13.7. The van der Waals surface area contributed by atoms with E-state index in [4.69, 9.17) is 0 Å². The average molecular weight is 280 g/mol. The first-order chi connectivity index (χ1) is 9.82. The number of nitrogens with zero attached hydrogens (tertiary/aromatic N) is 2. The largest absolute Gasteiger partial charge is 0.307 e. The maximum Gasteiger partial charge on any atom is 0.188 e. The molecule has 0 saturated heterocycles. The lowest BCUT2D eigenvalue weighted by atomic mass is 10.4. The van der Waals surface area contributed by atoms with Gasteiger partial charge in [0.2, 0.25) is 0 Å². The molecular weight excluding hydrogens is 267 g/mol. The summed E-state index contributed by atoms with van der Waals surface area (Å²) >= 11 is 0. The van der Waals surface area contributed by atoms with Crippen LogP contribution in [0.3, 0.4) is 0 Å². The zero-order valence-electron chi connectivity index (χ0n) is 10.8. The van der Waals surface area contributed by atoms with Gasteiger partial charge in [-0.2, -0.15) is 0 Å². The van der Waals surface area contributed by atoms with Crippen molar-refractivity contribution in [3.63, 3.8) is 0 Å². The van der Waals surface area contributed by atoms with Gasteiger partial charge in [0.15, 0.2) is 7.14 Å². The Bertz CT molecular complexity index is 627. The highest BCUT2D eigenvalue weighted by Crippen LogP contribution is 2.40. The number of benzene rings is 2. The minimum atomic E-state index is -2.93. The van der Waals surface area contributed by atoms with Crippen LogP contribution >= 0.6 is 7.14 Å². The molecule has 0 amide bonds. The molecular formula is C16H13N2OP. The van der Waals surface area contributed by atoms with Gasteiger partial charge >= 0.3 is 0 Å². The summed E-state index contributed by atoms with van der Waals surface area (Å²) in [4.78, 5) is 8.14. The van der Waals surface area contributed by atoms with Crippen molar-refractivity contribution >= 4 is 23.2 Å². The molecule has 0 aliphatic heterocycles. The minimum Gasteiger partial charge on any atom is -0.307 e. The van der Waals surface area contributed by atoms with Crippen LogP contribution in [0.1, 0.15) is 0 Å². The fourth-order valence-corrected chi connectivity index (χ4v) is 4.66. The van der Waals surface area contributed by atoms with E-state index in [1.165, 1.54) is 6.33 Å². The lowest BCUT2D eigenvalue weighted by Crippen LogP contribution is -2.26. The third-order valence-electron chi connectivity index (χ3n) is 3.13. The first-order valence-corrected chi connectivity index (χ1v) is 8.00. The van der Waals surface area contributed by atoms with Gasteiger partial charge in [-0.05, 0) is 6.07 Å². The van der Waals surface area contributed by atoms with Gasteiger partial charge in [-0.15, -0.1) is 0 Å². The Balaban J connectivity index is 2.27. The molecule has 0 aliphatic carbocycles. The van der Waals surface area contributed by atoms with Crippen LogP contribution in [0.4, 0.5) is 0 Å². The molecule has 0 fully saturated rings. The summed E-state index contributed by atoms with van der Waals surface area (Å²) in [6, 6.07) is 20.7. The van der Waals surface area contributed by atoms with Crippen LogP contribution in [0.25, 0.3) is 0 Å². The van der Waals surface area contributed by atoms with Crippen molar-refractivity contribution in [1.29, 1.82) is 0 Å². The smallest absolute Gasteiger partial charge is 0.188 e. The van der Waals surface area contributed by atoms with Crippen LogP contribution < -0.4 is 16.0 Å². The second-order valence-electron chi connectivity index (χ2n) is 4.35. The molecule has 1 heterocycles. The number of hydrogen-bond acceptors (Lipinski definition) is 3. The number of hydrogen-bond donors (Lipinski definition) is 0. The fourth-order valence-electron chi connectivity index (χ4n) is 2.16. The Morgan fingerprint density at radius 1 is 0.750 bits per heavy atom. The lowest BCUT2D eigenvalue weighted by molar-refractivity contribution is 0.592. The highest BCUT2D eigenvalue weighted by molar-refractivity contribution is 7.85. The monoisotopic (exact) mass is 280 g/mol. The molecule has 0 radical (unpaired) electrons. The third-order valence-corrected chi connectivity index (χ3v) is 6.09. The molecule has 20 heavy (non-hydrogen) atoms. The second kappa shape index (κ2) is 5.40. The van der Waals surface area contributed by atoms with Gasteiger partial charge in [-0.1, -0.05) is 60.7 Å². The second-order valence-corrected chi connectivity index (χ2v) is 7.06. The van der Waals surface area contributed by atoms with E-state index >= 15 is 0 Å². The van der Waals surface area contributed by atoms with Crippen molar-refractivity contribution < 1.29 is 4.57 Å². The predicted molar refractivity (Wildman–Crippen MR) is 81.4 cm³/mol. The van der Waals surface area contributed by atoms with E-state index in [1.807, 2.05) is 60.7 Å². The summed E-state index contributed by atoms with van der Waals surface area (Å²) in [6.45, 7) is 0. The van der Waals surface area contributed by atoms with Crippen LogP contribution in [0.5, 0.6) is 0 Å². The van der Waals surface area contributed by atoms with E-state index in [-0.39, 0.29) is 0 Å². The van der Waals surface area contributed by atoms with Crippen LogP contribution in [-0.4, -0.2) is 9.97 Å². The van der Waals surface area contributed by atoms with E-state index < -0.39 is 7.14 Å². The molecule has 0 saturated carbocycles. The maximum absolute atomic E-state index is 13.7. The Hall–Kier alpha value is -2.25. The molecule has 3 rings (SSSR count). The SMILES string of the molecule is O=P(c1ccccc1)(c1ccccc1)c1ccncn1. The van der Waals surface area contributed by atoms with Crippen molar-refractivity contribution in [1.82, 2.24) is 9.97 Å². The number of aromatic nitrogens is 2. The Labute approximate surface area is 117 Å². The fraction of sp³-hybridized carbons (Fsp3) is 0. The van der Waals surface area contributed by atoms with Gasteiger partial charge in [0.25, 0.3) is 0 Å². The van der Waals surface area contributed by atoms with Crippen molar-refractivity contribution in [3.05, 3.63) is 79.3 Å². The molecule has 0 spiro atoms. The van der Waals surface area contributed by atoms with Gasteiger partial charge in [-0.3, -0.25) is 0 Å². The minimum absolute atomic E-state index is 0.560. The molecule has 1 aromatic heterocycles. The molecule has 3 nitrogen and oxygen atoms in total. The van der Waals surface area contributed by atoms with Crippen LogP contribution in [-0.2, 0) is 4.57 Å². The maximum atomic E-state index is 13.7. The summed E-state index contributed by atoms with van der Waals surface area (Å²) in [5, 5.41) is 1.56. The molecule has 0 unspecified atom stereocenters. The molecule has 0 N–H and O–H groups in total. The normalized spacial score (nSPS) is 11.2. The van der Waals surface area contributed by atoms with E-state index in [0.717, 1.165) is 10.6 Å². The quantitative estimate of drug-likeness (QED) is 0.690.